The van der Waals surface area contributed by atoms with E-state index < -0.39 is 16.6 Å². The Labute approximate surface area is 146 Å². The summed E-state index contributed by atoms with van der Waals surface area (Å²) < 4.78 is 6.71. The Bertz CT molecular complexity index is 747. The minimum absolute atomic E-state index is 0.0805. The Morgan fingerprint density at radius 2 is 1.92 bits per heavy atom. The van der Waals surface area contributed by atoms with E-state index >= 15 is 0 Å². The number of benzene rings is 1. The summed E-state index contributed by atoms with van der Waals surface area (Å²) in [5.41, 5.74) is 0.571. The van der Waals surface area contributed by atoms with Gasteiger partial charge in [-0.05, 0) is 32.4 Å². The Kier molecular flexibility index (Phi) is 6.67. The number of ether oxygens (including phenoxy) is 1. The predicted molar refractivity (Wildman–Crippen MR) is 96.5 cm³/mol. The number of nitrogens with one attached hydrogen (secondary N) is 1. The van der Waals surface area contributed by atoms with Gasteiger partial charge in [0, 0.05) is 24.9 Å². The zero-order chi connectivity index (χ0) is 19.2. The molecule has 2 rings (SSSR count). The molecule has 0 fully saturated rings. The fraction of sp³-hybridized carbons (Fsp3) is 0.412. The summed E-state index contributed by atoms with van der Waals surface area (Å²) in [6.07, 6.45) is 2.62. The van der Waals surface area contributed by atoms with E-state index in [1.54, 1.807) is 51.0 Å². The molecule has 2 aromatic rings. The lowest BCUT2D eigenvalue weighted by molar-refractivity contribution is -0.383. The third-order valence-electron chi connectivity index (χ3n) is 2.87. The molecule has 0 unspecified atom stereocenters. The minimum Gasteiger partial charge on any atom is -0.444 e. The van der Waals surface area contributed by atoms with Gasteiger partial charge < -0.3 is 4.74 Å². The molecule has 25 heavy (non-hydrogen) atoms. The molecule has 0 atom stereocenters. The second-order valence-corrected chi connectivity index (χ2v) is 6.02. The van der Waals surface area contributed by atoms with Crippen LogP contribution < -0.4 is 5.32 Å². The van der Waals surface area contributed by atoms with Crippen LogP contribution in [-0.2, 0) is 11.8 Å². The maximum Gasteiger partial charge on any atom is 0.412 e. The summed E-state index contributed by atoms with van der Waals surface area (Å²) in [5.74, 6) is 0. The molecular formula is C17H24N4O4. The molecule has 8 heteroatoms. The van der Waals surface area contributed by atoms with E-state index in [-0.39, 0.29) is 11.4 Å². The first-order chi connectivity index (χ1) is 11.7. The highest BCUT2D eigenvalue weighted by Gasteiger charge is 2.21. The maximum absolute atomic E-state index is 11.8. The molecular weight excluding hydrogens is 324 g/mol. The van der Waals surface area contributed by atoms with Crippen LogP contribution in [-0.4, -0.2) is 26.4 Å². The van der Waals surface area contributed by atoms with Gasteiger partial charge in [-0.1, -0.05) is 19.9 Å². The zero-order valence-electron chi connectivity index (χ0n) is 15.4. The number of aryl methyl sites for hydroxylation is 1. The van der Waals surface area contributed by atoms with Gasteiger partial charge in [0.25, 0.3) is 5.69 Å². The largest absolute Gasteiger partial charge is 0.444 e. The highest BCUT2D eigenvalue weighted by molar-refractivity contribution is 5.89. The second kappa shape index (κ2) is 8.27. The number of nitro groups is 1. The quantitative estimate of drug-likeness (QED) is 0.656. The first-order valence-corrected chi connectivity index (χ1v) is 7.93. The summed E-state index contributed by atoms with van der Waals surface area (Å²) in [6.45, 7) is 9.14. The van der Waals surface area contributed by atoms with Gasteiger partial charge in [-0.2, -0.15) is 5.10 Å². The standard InChI is InChI=1S/C15H18N4O4.C2H6/c1-15(2,3)23-14(20)17-12-6-5-10(7-13(12)19(21)22)11-8-16-18(4)9-11;1-2/h5-9H,1-4H3,(H,17,20);1-2H3. The van der Waals surface area contributed by atoms with Crippen LogP contribution in [0.25, 0.3) is 11.1 Å². The topological polar surface area (TPSA) is 99.3 Å². The lowest BCUT2D eigenvalue weighted by Crippen LogP contribution is -2.27. The first-order valence-electron chi connectivity index (χ1n) is 7.93. The molecule has 1 N–H and O–H groups in total. The van der Waals surface area contributed by atoms with Crippen LogP contribution in [0.2, 0.25) is 0 Å². The van der Waals surface area contributed by atoms with Crippen molar-refractivity contribution in [3.05, 3.63) is 40.7 Å². The molecule has 0 saturated heterocycles. The molecule has 0 spiro atoms. The second-order valence-electron chi connectivity index (χ2n) is 6.02. The molecule has 0 bridgehead atoms. The van der Waals surface area contributed by atoms with Crippen molar-refractivity contribution in [1.82, 2.24) is 9.78 Å². The Balaban J connectivity index is 0.00000151. The molecule has 1 aromatic heterocycles. The highest BCUT2D eigenvalue weighted by Crippen LogP contribution is 2.30. The highest BCUT2D eigenvalue weighted by atomic mass is 16.6. The number of amides is 1. The van der Waals surface area contributed by atoms with Gasteiger partial charge >= 0.3 is 6.09 Å². The van der Waals surface area contributed by atoms with Crippen LogP contribution in [0.1, 0.15) is 34.6 Å². The van der Waals surface area contributed by atoms with Crippen LogP contribution >= 0.6 is 0 Å². The van der Waals surface area contributed by atoms with Gasteiger partial charge in [0.2, 0.25) is 0 Å². The fourth-order valence-electron chi connectivity index (χ4n) is 1.95. The summed E-state index contributed by atoms with van der Waals surface area (Å²) in [6, 6.07) is 4.55. The average molecular weight is 348 g/mol. The smallest absolute Gasteiger partial charge is 0.412 e. The lowest BCUT2D eigenvalue weighted by atomic mass is 10.1. The predicted octanol–water partition coefficient (Wildman–Crippen LogP) is 4.37. The van der Waals surface area contributed by atoms with Crippen molar-refractivity contribution >= 4 is 17.5 Å². The van der Waals surface area contributed by atoms with Gasteiger partial charge in [0.15, 0.2) is 0 Å². The number of nitrogens with zero attached hydrogens (tertiary/aromatic N) is 3. The Hall–Kier alpha value is -2.90. The van der Waals surface area contributed by atoms with Crippen molar-refractivity contribution in [1.29, 1.82) is 0 Å². The van der Waals surface area contributed by atoms with Crippen molar-refractivity contribution < 1.29 is 14.5 Å². The first kappa shape index (κ1) is 20.1. The molecule has 1 aromatic carbocycles. The van der Waals surface area contributed by atoms with E-state index in [1.165, 1.54) is 12.1 Å². The maximum atomic E-state index is 11.8. The van der Waals surface area contributed by atoms with E-state index in [0.717, 1.165) is 5.56 Å². The van der Waals surface area contributed by atoms with Gasteiger partial charge in [-0.3, -0.25) is 20.1 Å². The zero-order valence-corrected chi connectivity index (χ0v) is 15.4. The van der Waals surface area contributed by atoms with Gasteiger partial charge in [-0.25, -0.2) is 4.79 Å². The van der Waals surface area contributed by atoms with Gasteiger partial charge in [0.05, 0.1) is 11.1 Å². The Morgan fingerprint density at radius 1 is 1.28 bits per heavy atom. The number of carbonyl (C=O) groups is 1. The van der Waals surface area contributed by atoms with E-state index in [2.05, 4.69) is 10.4 Å². The van der Waals surface area contributed by atoms with E-state index in [4.69, 9.17) is 4.74 Å². The third-order valence-corrected chi connectivity index (χ3v) is 2.87. The van der Waals surface area contributed by atoms with Crippen molar-refractivity contribution in [2.75, 3.05) is 5.32 Å². The van der Waals surface area contributed by atoms with Crippen LogP contribution in [0.15, 0.2) is 30.6 Å². The summed E-state index contributed by atoms with van der Waals surface area (Å²) in [4.78, 5) is 22.5. The molecule has 136 valence electrons. The molecule has 0 aliphatic rings. The number of carbonyl (C=O) groups excluding carboxylic acids is 1. The number of rotatable bonds is 3. The van der Waals surface area contributed by atoms with E-state index in [0.29, 0.717) is 5.56 Å². The van der Waals surface area contributed by atoms with Crippen LogP contribution in [0, 0.1) is 10.1 Å². The molecule has 0 radical (unpaired) electrons. The number of aromatic nitrogens is 2. The lowest BCUT2D eigenvalue weighted by Gasteiger charge is -2.19. The molecule has 8 nitrogen and oxygen atoms in total. The van der Waals surface area contributed by atoms with Crippen molar-refractivity contribution in [3.63, 3.8) is 0 Å². The number of hydrogen-bond donors (Lipinski definition) is 1. The SMILES string of the molecule is CC.Cn1cc(-c2ccc(NC(=O)OC(C)(C)C)c([N+](=O)[O-])c2)cn1. The van der Waals surface area contributed by atoms with Crippen molar-refractivity contribution in [2.45, 2.75) is 40.2 Å². The average Bonchev–Trinajstić information content (AvgIpc) is 2.94. The minimum atomic E-state index is -0.741. The number of nitro benzene ring substituents is 1. The normalized spacial score (nSPS) is 10.5. The van der Waals surface area contributed by atoms with Gasteiger partial charge in [-0.15, -0.1) is 0 Å². The van der Waals surface area contributed by atoms with Crippen LogP contribution in [0.5, 0.6) is 0 Å². The molecule has 0 aliphatic carbocycles. The molecule has 0 aliphatic heterocycles. The Morgan fingerprint density at radius 3 is 2.40 bits per heavy atom. The number of hydrogen-bond acceptors (Lipinski definition) is 5. The van der Waals surface area contributed by atoms with Crippen molar-refractivity contribution in [3.8, 4) is 11.1 Å². The summed E-state index contributed by atoms with van der Waals surface area (Å²) in [5, 5.41) is 17.7. The van der Waals surface area contributed by atoms with Crippen LogP contribution in [0.3, 0.4) is 0 Å². The summed E-state index contributed by atoms with van der Waals surface area (Å²) in [7, 11) is 1.76. The third kappa shape index (κ3) is 5.91. The van der Waals surface area contributed by atoms with E-state index in [1.807, 2.05) is 13.8 Å². The van der Waals surface area contributed by atoms with Crippen molar-refractivity contribution in [2.24, 2.45) is 7.05 Å². The molecule has 1 heterocycles. The molecule has 0 saturated carbocycles. The number of anilines is 1. The van der Waals surface area contributed by atoms with E-state index in [9.17, 15) is 14.9 Å². The fourth-order valence-corrected chi connectivity index (χ4v) is 1.95. The summed E-state index contributed by atoms with van der Waals surface area (Å²) >= 11 is 0. The van der Waals surface area contributed by atoms with Gasteiger partial charge in [0.1, 0.15) is 11.3 Å². The molecule has 1 amide bonds. The van der Waals surface area contributed by atoms with Crippen LogP contribution in [0.4, 0.5) is 16.2 Å². The monoisotopic (exact) mass is 348 g/mol.